The molecule has 3 heterocycles. The molecule has 5 rings (SSSR count). The highest BCUT2D eigenvalue weighted by atomic mass is 19.1. The highest BCUT2D eigenvalue weighted by molar-refractivity contribution is 6.05. The van der Waals surface area contributed by atoms with E-state index >= 15 is 4.39 Å². The second-order valence-electron chi connectivity index (χ2n) is 8.00. The van der Waals surface area contributed by atoms with E-state index in [0.29, 0.717) is 17.9 Å². The Labute approximate surface area is 180 Å². The molecule has 0 spiro atoms. The first kappa shape index (κ1) is 19.5. The summed E-state index contributed by atoms with van der Waals surface area (Å²) in [6.45, 7) is 6.47. The molecule has 31 heavy (non-hydrogen) atoms. The summed E-state index contributed by atoms with van der Waals surface area (Å²) < 4.78 is 20.9. The summed E-state index contributed by atoms with van der Waals surface area (Å²) >= 11 is 0. The highest BCUT2D eigenvalue weighted by Crippen LogP contribution is 2.34. The van der Waals surface area contributed by atoms with E-state index in [1.807, 2.05) is 50.3 Å². The molecule has 1 aromatic carbocycles. The number of hydrogen-bond donors (Lipinski definition) is 1. The molecule has 0 amide bonds. The number of ether oxygens (including phenoxy) is 1. The van der Waals surface area contributed by atoms with Crippen LogP contribution in [0.25, 0.3) is 6.08 Å². The van der Waals surface area contributed by atoms with Crippen LogP contribution in [0.5, 0.6) is 11.8 Å². The number of hydrogen-bond acceptors (Lipinski definition) is 6. The van der Waals surface area contributed by atoms with Gasteiger partial charge in [0.05, 0.1) is 6.54 Å². The summed E-state index contributed by atoms with van der Waals surface area (Å²) in [6, 6.07) is 5.54. The van der Waals surface area contributed by atoms with E-state index in [1.165, 1.54) is 0 Å². The monoisotopic (exact) mass is 417 g/mol. The fourth-order valence-corrected chi connectivity index (χ4v) is 3.89. The number of nitrogens with zero attached hydrogens (tertiary/aromatic N) is 4. The minimum Gasteiger partial charge on any atom is -0.421 e. The number of benzene rings is 1. The Balaban J connectivity index is 1.44. The van der Waals surface area contributed by atoms with Crippen molar-refractivity contribution in [2.24, 2.45) is 4.99 Å². The van der Waals surface area contributed by atoms with Gasteiger partial charge >= 0.3 is 6.01 Å². The lowest BCUT2D eigenvalue weighted by Crippen LogP contribution is -2.37. The van der Waals surface area contributed by atoms with Crippen molar-refractivity contribution < 1.29 is 9.13 Å². The Kier molecular flexibility index (Phi) is 5.02. The molecule has 3 aliphatic rings. The third kappa shape index (κ3) is 3.95. The van der Waals surface area contributed by atoms with E-state index in [2.05, 4.69) is 25.2 Å². The fraction of sp³-hybridized carbons (Fsp3) is 0.292. The van der Waals surface area contributed by atoms with Crippen LogP contribution in [0.2, 0.25) is 0 Å². The summed E-state index contributed by atoms with van der Waals surface area (Å²) in [5.74, 6) is 1.82. The minimum absolute atomic E-state index is 0.112. The van der Waals surface area contributed by atoms with Crippen LogP contribution in [0.1, 0.15) is 31.4 Å². The van der Waals surface area contributed by atoms with Gasteiger partial charge in [-0.2, -0.15) is 9.97 Å². The topological polar surface area (TPSA) is 62.6 Å². The number of aromatic nitrogens is 2. The number of allylic oxidation sites excluding steroid dienone is 2. The number of anilines is 2. The van der Waals surface area contributed by atoms with Gasteiger partial charge in [-0.1, -0.05) is 29.9 Å². The maximum absolute atomic E-state index is 15.0. The summed E-state index contributed by atoms with van der Waals surface area (Å²) in [4.78, 5) is 15.6. The van der Waals surface area contributed by atoms with E-state index in [1.54, 1.807) is 6.07 Å². The largest absolute Gasteiger partial charge is 0.421 e. The molecule has 158 valence electrons. The van der Waals surface area contributed by atoms with Crippen molar-refractivity contribution in [3.63, 3.8) is 0 Å². The van der Waals surface area contributed by atoms with Crippen molar-refractivity contribution in [2.75, 3.05) is 29.9 Å². The highest BCUT2D eigenvalue weighted by Gasteiger charge is 2.22. The lowest BCUT2D eigenvalue weighted by Gasteiger charge is -2.32. The van der Waals surface area contributed by atoms with Crippen LogP contribution in [0.3, 0.4) is 0 Å². The van der Waals surface area contributed by atoms with Crippen LogP contribution >= 0.6 is 0 Å². The molecule has 6 nitrogen and oxygen atoms in total. The van der Waals surface area contributed by atoms with E-state index < -0.39 is 0 Å². The Morgan fingerprint density at radius 2 is 2.06 bits per heavy atom. The van der Waals surface area contributed by atoms with Gasteiger partial charge in [-0.15, -0.1) is 0 Å². The predicted octanol–water partition coefficient (Wildman–Crippen LogP) is 4.90. The van der Waals surface area contributed by atoms with Gasteiger partial charge in [-0.25, -0.2) is 4.39 Å². The van der Waals surface area contributed by atoms with Crippen molar-refractivity contribution in [3.8, 4) is 11.8 Å². The summed E-state index contributed by atoms with van der Waals surface area (Å²) in [7, 11) is 0. The summed E-state index contributed by atoms with van der Waals surface area (Å²) in [5.41, 5.74) is 3.83. The molecule has 1 N–H and O–H groups in total. The summed E-state index contributed by atoms with van der Waals surface area (Å²) in [5, 5.41) is 3.24. The predicted molar refractivity (Wildman–Crippen MR) is 122 cm³/mol. The lowest BCUT2D eigenvalue weighted by molar-refractivity contribution is 0.410. The fourth-order valence-electron chi connectivity index (χ4n) is 3.89. The first-order valence-corrected chi connectivity index (χ1v) is 10.5. The average molecular weight is 417 g/mol. The molecular weight excluding hydrogens is 393 g/mol. The third-order valence-electron chi connectivity index (χ3n) is 5.56. The third-order valence-corrected chi connectivity index (χ3v) is 5.56. The summed E-state index contributed by atoms with van der Waals surface area (Å²) in [6.07, 6.45) is 9.77. The van der Waals surface area contributed by atoms with E-state index in [9.17, 15) is 0 Å². The van der Waals surface area contributed by atoms with Crippen molar-refractivity contribution in [1.29, 1.82) is 0 Å². The van der Waals surface area contributed by atoms with Crippen LogP contribution in [0, 0.1) is 5.82 Å². The molecule has 0 bridgehead atoms. The van der Waals surface area contributed by atoms with Gasteiger partial charge in [0.15, 0.2) is 11.6 Å². The van der Waals surface area contributed by atoms with Crippen molar-refractivity contribution in [2.45, 2.75) is 26.7 Å². The maximum Gasteiger partial charge on any atom is 0.326 e. The average Bonchev–Trinajstić information content (AvgIpc) is 3.29. The quantitative estimate of drug-likeness (QED) is 0.749. The Bertz CT molecular complexity index is 1160. The van der Waals surface area contributed by atoms with Gasteiger partial charge < -0.3 is 15.0 Å². The van der Waals surface area contributed by atoms with Crippen LogP contribution < -0.4 is 15.0 Å². The van der Waals surface area contributed by atoms with Crippen LogP contribution in [0.4, 0.5) is 16.0 Å². The van der Waals surface area contributed by atoms with Gasteiger partial charge in [0.25, 0.3) is 0 Å². The molecule has 0 unspecified atom stereocenters. The minimum atomic E-state index is -0.374. The van der Waals surface area contributed by atoms with Gasteiger partial charge in [-0.05, 0) is 50.0 Å². The zero-order valence-electron chi connectivity index (χ0n) is 17.7. The number of aliphatic imine (C=N–C) groups is 1. The van der Waals surface area contributed by atoms with Crippen LogP contribution in [-0.4, -0.2) is 35.4 Å². The molecular formula is C24H24FN5O. The van der Waals surface area contributed by atoms with Crippen LogP contribution in [0.15, 0.2) is 52.6 Å². The molecule has 2 aliphatic heterocycles. The lowest BCUT2D eigenvalue weighted by atomic mass is 10.1. The van der Waals surface area contributed by atoms with E-state index in [0.717, 1.165) is 54.3 Å². The zero-order chi connectivity index (χ0) is 21.4. The Morgan fingerprint density at radius 3 is 2.84 bits per heavy atom. The van der Waals surface area contributed by atoms with Crippen LogP contribution in [-0.2, 0) is 6.42 Å². The van der Waals surface area contributed by atoms with Gasteiger partial charge in [0.2, 0.25) is 0 Å². The molecule has 0 saturated carbocycles. The number of nitrogens with one attached hydrogen (secondary N) is 1. The Morgan fingerprint density at radius 1 is 1.19 bits per heavy atom. The molecule has 2 aromatic rings. The molecule has 0 atom stereocenters. The standard InChI is InChI=1S/C24H24FN5O/c1-3-5-16-12-20(26-14-16)27-21-13-22(30-8-4-9-30)29-24(28-21)31-19-7-6-17-10-15(2)11-18(17)23(19)25/h3,5-7,11-13H,4,8-10,14H2,1-2H3,(H,26,27,28,29)/b5-3+. The molecule has 1 saturated heterocycles. The number of amidine groups is 1. The number of rotatable bonds is 5. The molecule has 1 aromatic heterocycles. The number of halogens is 1. The number of fused-ring (bicyclic) bond motifs is 1. The van der Waals surface area contributed by atoms with Gasteiger partial charge in [-0.3, -0.25) is 4.99 Å². The second kappa shape index (κ2) is 7.98. The molecule has 1 fully saturated rings. The zero-order valence-corrected chi connectivity index (χ0v) is 17.7. The first-order valence-electron chi connectivity index (χ1n) is 10.5. The van der Waals surface area contributed by atoms with Crippen molar-refractivity contribution >= 4 is 23.5 Å². The molecule has 7 heteroatoms. The smallest absolute Gasteiger partial charge is 0.326 e. The SMILES string of the molecule is C/C=C/C1=CC(Nc2cc(N3CCC3)nc(Oc3ccc4c(c3F)C=C(C)C4)n2)=NC1. The van der Waals surface area contributed by atoms with E-state index in [4.69, 9.17) is 4.74 Å². The van der Waals surface area contributed by atoms with Gasteiger partial charge in [0.1, 0.15) is 17.5 Å². The normalized spacial score (nSPS) is 17.3. The van der Waals surface area contributed by atoms with E-state index in [-0.39, 0.29) is 17.6 Å². The molecule has 1 aliphatic carbocycles. The second-order valence-corrected chi connectivity index (χ2v) is 8.00. The van der Waals surface area contributed by atoms with Gasteiger partial charge in [0, 0.05) is 24.7 Å². The first-order chi connectivity index (χ1) is 15.1. The Hall–Kier alpha value is -3.48. The van der Waals surface area contributed by atoms with Crippen molar-refractivity contribution in [3.05, 3.63) is 64.5 Å². The van der Waals surface area contributed by atoms with Crippen molar-refractivity contribution in [1.82, 2.24) is 9.97 Å². The maximum atomic E-state index is 15.0. The molecule has 0 radical (unpaired) electrons.